The average molecular weight is 228 g/mol. The predicted octanol–water partition coefficient (Wildman–Crippen LogP) is 2.97. The molecular formula is C14H28O2. The van der Waals surface area contributed by atoms with Crippen molar-refractivity contribution in [2.24, 2.45) is 17.8 Å². The van der Waals surface area contributed by atoms with Crippen LogP contribution in [-0.2, 0) is 0 Å². The molecule has 96 valence electrons. The molecule has 3 atom stereocenters. The van der Waals surface area contributed by atoms with Crippen molar-refractivity contribution in [1.82, 2.24) is 0 Å². The third kappa shape index (κ3) is 3.46. The Labute approximate surface area is 100 Å². The van der Waals surface area contributed by atoms with Crippen molar-refractivity contribution in [3.63, 3.8) is 0 Å². The quantitative estimate of drug-likeness (QED) is 0.710. The van der Waals surface area contributed by atoms with E-state index in [0.717, 1.165) is 32.1 Å². The van der Waals surface area contributed by atoms with Gasteiger partial charge in [-0.15, -0.1) is 0 Å². The zero-order valence-corrected chi connectivity index (χ0v) is 11.1. The van der Waals surface area contributed by atoms with Gasteiger partial charge >= 0.3 is 0 Å². The standard InChI is InChI=1S/C14H28O2/c1-11(2)13-7-6-12(3)10-14(13,16)8-4-5-9-15/h11-13,15-16H,4-10H2,1-3H3/t12-,13+,14+/m1/s1. The molecule has 1 saturated carbocycles. The Morgan fingerprint density at radius 2 is 1.94 bits per heavy atom. The monoisotopic (exact) mass is 228 g/mol. The zero-order valence-electron chi connectivity index (χ0n) is 11.1. The van der Waals surface area contributed by atoms with E-state index in [9.17, 15) is 5.11 Å². The molecule has 0 aromatic rings. The van der Waals surface area contributed by atoms with Gasteiger partial charge in [-0.05, 0) is 49.9 Å². The van der Waals surface area contributed by atoms with E-state index in [0.29, 0.717) is 17.8 Å². The zero-order chi connectivity index (χ0) is 12.2. The van der Waals surface area contributed by atoms with Crippen LogP contribution in [0, 0.1) is 17.8 Å². The summed E-state index contributed by atoms with van der Waals surface area (Å²) in [6.45, 7) is 6.93. The third-order valence-corrected chi connectivity index (χ3v) is 4.19. The van der Waals surface area contributed by atoms with Gasteiger partial charge in [0, 0.05) is 6.61 Å². The summed E-state index contributed by atoms with van der Waals surface area (Å²) in [7, 11) is 0. The normalized spacial score (nSPS) is 35.6. The molecule has 1 aliphatic carbocycles. The van der Waals surface area contributed by atoms with Gasteiger partial charge in [0.25, 0.3) is 0 Å². The highest BCUT2D eigenvalue weighted by atomic mass is 16.3. The van der Waals surface area contributed by atoms with Gasteiger partial charge in [0.2, 0.25) is 0 Å². The lowest BCUT2D eigenvalue weighted by Gasteiger charge is -2.45. The van der Waals surface area contributed by atoms with E-state index in [2.05, 4.69) is 20.8 Å². The maximum absolute atomic E-state index is 10.8. The second-order valence-electron chi connectivity index (χ2n) is 6.02. The van der Waals surface area contributed by atoms with E-state index < -0.39 is 5.60 Å². The van der Waals surface area contributed by atoms with Crippen LogP contribution in [0.3, 0.4) is 0 Å². The van der Waals surface area contributed by atoms with Gasteiger partial charge in [-0.25, -0.2) is 0 Å². The van der Waals surface area contributed by atoms with Gasteiger partial charge in [-0.1, -0.05) is 27.2 Å². The summed E-state index contributed by atoms with van der Waals surface area (Å²) >= 11 is 0. The number of unbranched alkanes of at least 4 members (excludes halogenated alkanes) is 1. The molecule has 0 radical (unpaired) electrons. The van der Waals surface area contributed by atoms with Crippen molar-refractivity contribution in [2.75, 3.05) is 6.61 Å². The fourth-order valence-electron chi connectivity index (χ4n) is 3.37. The van der Waals surface area contributed by atoms with Crippen LogP contribution in [-0.4, -0.2) is 22.4 Å². The van der Waals surface area contributed by atoms with Gasteiger partial charge in [-0.2, -0.15) is 0 Å². The van der Waals surface area contributed by atoms with E-state index in [-0.39, 0.29) is 6.61 Å². The predicted molar refractivity (Wildman–Crippen MR) is 67.2 cm³/mol. The second kappa shape index (κ2) is 6.02. The minimum absolute atomic E-state index is 0.248. The first kappa shape index (κ1) is 14.0. The van der Waals surface area contributed by atoms with Crippen molar-refractivity contribution in [3.05, 3.63) is 0 Å². The lowest BCUT2D eigenvalue weighted by molar-refractivity contribution is -0.0874. The minimum Gasteiger partial charge on any atom is -0.396 e. The highest BCUT2D eigenvalue weighted by Gasteiger charge is 2.41. The molecule has 2 nitrogen and oxygen atoms in total. The van der Waals surface area contributed by atoms with Gasteiger partial charge in [0.15, 0.2) is 0 Å². The van der Waals surface area contributed by atoms with E-state index in [1.807, 2.05) is 0 Å². The van der Waals surface area contributed by atoms with Crippen LogP contribution < -0.4 is 0 Å². The summed E-state index contributed by atoms with van der Waals surface area (Å²) in [4.78, 5) is 0. The molecule has 0 aliphatic heterocycles. The van der Waals surface area contributed by atoms with Crippen LogP contribution in [0.4, 0.5) is 0 Å². The van der Waals surface area contributed by atoms with E-state index >= 15 is 0 Å². The lowest BCUT2D eigenvalue weighted by atomic mass is 9.65. The molecule has 16 heavy (non-hydrogen) atoms. The van der Waals surface area contributed by atoms with Crippen molar-refractivity contribution in [2.45, 2.75) is 64.9 Å². The van der Waals surface area contributed by atoms with Gasteiger partial charge in [0.05, 0.1) is 5.60 Å². The molecule has 0 aromatic carbocycles. The largest absolute Gasteiger partial charge is 0.396 e. The summed E-state index contributed by atoms with van der Waals surface area (Å²) < 4.78 is 0. The lowest BCUT2D eigenvalue weighted by Crippen LogP contribution is -2.45. The molecule has 2 heteroatoms. The first-order chi connectivity index (χ1) is 7.49. The van der Waals surface area contributed by atoms with E-state index in [1.54, 1.807) is 0 Å². The second-order valence-corrected chi connectivity index (χ2v) is 6.02. The number of aliphatic hydroxyl groups is 2. The Kier molecular flexibility index (Phi) is 5.26. The maximum Gasteiger partial charge on any atom is 0.0680 e. The average Bonchev–Trinajstić information content (AvgIpc) is 2.16. The van der Waals surface area contributed by atoms with Crippen molar-refractivity contribution in [3.8, 4) is 0 Å². The SMILES string of the molecule is CC(C)[C@@H]1CC[C@@H](C)C[C@@]1(O)CCCCO. The fraction of sp³-hybridized carbons (Fsp3) is 1.00. The van der Waals surface area contributed by atoms with Crippen LogP contribution >= 0.6 is 0 Å². The van der Waals surface area contributed by atoms with Crippen LogP contribution in [0.25, 0.3) is 0 Å². The van der Waals surface area contributed by atoms with E-state index in [1.165, 1.54) is 6.42 Å². The number of hydrogen-bond acceptors (Lipinski definition) is 2. The number of aliphatic hydroxyl groups excluding tert-OH is 1. The van der Waals surface area contributed by atoms with Crippen LogP contribution in [0.5, 0.6) is 0 Å². The molecule has 1 rings (SSSR count). The topological polar surface area (TPSA) is 40.5 Å². The fourth-order valence-corrected chi connectivity index (χ4v) is 3.37. The van der Waals surface area contributed by atoms with Gasteiger partial charge in [-0.3, -0.25) is 0 Å². The molecule has 0 aromatic heterocycles. The summed E-state index contributed by atoms with van der Waals surface area (Å²) in [5.41, 5.74) is -0.471. The molecule has 0 unspecified atom stereocenters. The van der Waals surface area contributed by atoms with Crippen LogP contribution in [0.1, 0.15) is 59.3 Å². The Morgan fingerprint density at radius 3 is 2.50 bits per heavy atom. The Hall–Kier alpha value is -0.0800. The molecule has 0 spiro atoms. The molecule has 0 heterocycles. The minimum atomic E-state index is -0.471. The number of hydrogen-bond donors (Lipinski definition) is 2. The van der Waals surface area contributed by atoms with Crippen molar-refractivity contribution < 1.29 is 10.2 Å². The molecular weight excluding hydrogens is 200 g/mol. The molecule has 1 aliphatic rings. The van der Waals surface area contributed by atoms with Crippen LogP contribution in [0.2, 0.25) is 0 Å². The molecule has 2 N–H and O–H groups in total. The summed E-state index contributed by atoms with van der Waals surface area (Å²) in [6, 6.07) is 0. The Bertz CT molecular complexity index is 203. The highest BCUT2D eigenvalue weighted by molar-refractivity contribution is 4.93. The molecule has 1 fully saturated rings. The molecule has 0 saturated heterocycles. The molecule has 0 bridgehead atoms. The van der Waals surface area contributed by atoms with E-state index in [4.69, 9.17) is 5.11 Å². The first-order valence-electron chi connectivity index (χ1n) is 6.83. The van der Waals surface area contributed by atoms with Crippen molar-refractivity contribution in [1.29, 1.82) is 0 Å². The van der Waals surface area contributed by atoms with Crippen molar-refractivity contribution >= 4 is 0 Å². The molecule has 0 amide bonds. The summed E-state index contributed by atoms with van der Waals surface area (Å²) in [5, 5.41) is 19.6. The highest BCUT2D eigenvalue weighted by Crippen LogP contribution is 2.43. The third-order valence-electron chi connectivity index (χ3n) is 4.19. The Balaban J connectivity index is 2.60. The summed E-state index contributed by atoms with van der Waals surface area (Å²) in [6.07, 6.45) is 5.99. The summed E-state index contributed by atoms with van der Waals surface area (Å²) in [5.74, 6) is 1.66. The first-order valence-corrected chi connectivity index (χ1v) is 6.83. The maximum atomic E-state index is 10.8. The van der Waals surface area contributed by atoms with Gasteiger partial charge in [0.1, 0.15) is 0 Å². The van der Waals surface area contributed by atoms with Crippen LogP contribution in [0.15, 0.2) is 0 Å². The number of rotatable bonds is 5. The Morgan fingerprint density at radius 1 is 1.25 bits per heavy atom. The smallest absolute Gasteiger partial charge is 0.0680 e. The van der Waals surface area contributed by atoms with Gasteiger partial charge < -0.3 is 10.2 Å².